The fourth-order valence-corrected chi connectivity index (χ4v) is 11.5. The van der Waals surface area contributed by atoms with Crippen molar-refractivity contribution in [2.75, 3.05) is 42.6 Å². The average Bonchev–Trinajstić information content (AvgIpc) is 1.71. The largest absolute Gasteiger partial charge is 0.481 e. The highest BCUT2D eigenvalue weighted by Gasteiger charge is 2.24. The Morgan fingerprint density at radius 3 is 1.28 bits per heavy atom. The number of aryl methyl sites for hydroxylation is 4. The van der Waals surface area contributed by atoms with E-state index < -0.39 is 24.1 Å². The van der Waals surface area contributed by atoms with Crippen LogP contribution in [0.3, 0.4) is 0 Å². The van der Waals surface area contributed by atoms with Gasteiger partial charge in [0, 0.05) is 66.6 Å². The van der Waals surface area contributed by atoms with Crippen LogP contribution in [0.5, 0.6) is 0 Å². The third-order valence-electron chi connectivity index (χ3n) is 17.8. The first kappa shape index (κ1) is 105. The summed E-state index contributed by atoms with van der Waals surface area (Å²) in [5.74, 6) is 2.79. The van der Waals surface area contributed by atoms with Crippen LogP contribution in [0.15, 0.2) is 201 Å². The van der Waals surface area contributed by atoms with Gasteiger partial charge in [-0.25, -0.2) is 19.2 Å². The molecule has 4 unspecified atom stereocenters. The molecule has 0 fully saturated rings. The van der Waals surface area contributed by atoms with E-state index in [0.29, 0.717) is 126 Å². The zero-order valence-corrected chi connectivity index (χ0v) is 74.0. The van der Waals surface area contributed by atoms with Crippen LogP contribution in [0.4, 0.5) is 41.9 Å². The molecule has 3 heterocycles. The maximum absolute atomic E-state index is 12.7. The van der Waals surface area contributed by atoms with Crippen LogP contribution >= 0.6 is 0 Å². The van der Waals surface area contributed by atoms with Gasteiger partial charge >= 0.3 is 54.1 Å². The SMILES string of the molecule is C#CCCC(=O)OC.CC(C)CC(/C=N/O)NC(=O)OCc1ccccc1.CC(C)CC(NC(=O)Cc1ccc(NC(=O)Nc2ccccc2)cc1)c1cc(CCC(=O)O)on1.COC(=O)CCc1cc(C(CC(C)C)NC(=O)OCc2ccccc2)no1.COC(=O)CCc1cc(C(N)CC(C)C)no1.Cc1ccccc1NC(=O)Nc1ccc(CC(=O)O)cc1. The number of nitrogens with zero attached hydrogens (tertiary/aromatic N) is 4. The molecule has 3 aromatic heterocycles. The van der Waals surface area contributed by atoms with Crippen molar-refractivity contribution in [2.24, 2.45) is 34.6 Å². The van der Waals surface area contributed by atoms with Gasteiger partial charge in [0.05, 0.1) is 90.2 Å². The molecule has 0 saturated heterocycles. The Bertz CT molecular complexity index is 4840. The summed E-state index contributed by atoms with van der Waals surface area (Å²) in [6.07, 6.45) is 10.6. The Hall–Kier alpha value is -14.2. The first-order valence-corrected chi connectivity index (χ1v) is 41.3. The van der Waals surface area contributed by atoms with E-state index in [1.54, 1.807) is 72.8 Å². The van der Waals surface area contributed by atoms with Gasteiger partial charge in [0.15, 0.2) is 0 Å². The van der Waals surface area contributed by atoms with Crippen LogP contribution in [0.1, 0.15) is 193 Å². The van der Waals surface area contributed by atoms with Gasteiger partial charge in [-0.1, -0.05) is 197 Å². The summed E-state index contributed by atoms with van der Waals surface area (Å²) in [6, 6.07) is 52.8. The Labute approximate surface area is 740 Å². The van der Waals surface area contributed by atoms with E-state index in [2.05, 4.69) is 106 Å². The summed E-state index contributed by atoms with van der Waals surface area (Å²) in [5, 5.41) is 60.5. The van der Waals surface area contributed by atoms with Crippen LogP contribution in [0.2, 0.25) is 0 Å². The lowest BCUT2D eigenvalue weighted by atomic mass is 10.00. The number of methoxy groups -OCH3 is 3. The third kappa shape index (κ3) is 46.8. The number of ether oxygens (including phenoxy) is 5. The van der Waals surface area contributed by atoms with Gasteiger partial charge < -0.3 is 95.6 Å². The van der Waals surface area contributed by atoms with E-state index in [1.165, 1.54) is 27.5 Å². The number of carbonyl (C=O) groups is 10. The summed E-state index contributed by atoms with van der Waals surface area (Å²) in [7, 11) is 4.06. The number of rotatable bonds is 38. The quantitative estimate of drug-likeness (QED) is 0.00427. The lowest BCUT2D eigenvalue weighted by molar-refractivity contribution is -0.141. The molecule has 7 amide bonds. The van der Waals surface area contributed by atoms with Gasteiger partial charge in [-0.05, 0) is 127 Å². The number of alkyl carbamates (subject to hydrolysis) is 2. The number of terminal acetylenes is 1. The summed E-state index contributed by atoms with van der Waals surface area (Å²) in [4.78, 5) is 114. The van der Waals surface area contributed by atoms with Crippen molar-refractivity contribution in [3.63, 3.8) is 0 Å². The van der Waals surface area contributed by atoms with Crippen molar-refractivity contribution in [3.05, 3.63) is 244 Å². The monoisotopic (exact) mass is 1750 g/mol. The Kier molecular flexibility index (Phi) is 49.4. The van der Waals surface area contributed by atoms with Gasteiger partial charge in [0.1, 0.15) is 47.6 Å². The number of urea groups is 2. The number of nitrogens with two attached hydrogens (primary N) is 1. The molecular weight excluding hydrogens is 1630 g/mol. The van der Waals surface area contributed by atoms with E-state index in [0.717, 1.165) is 40.1 Å². The number of aliphatic carboxylic acids is 2. The third-order valence-corrected chi connectivity index (χ3v) is 17.8. The highest BCUT2D eigenvalue weighted by Crippen LogP contribution is 2.26. The molecule has 33 heteroatoms. The molecule has 0 bridgehead atoms. The minimum Gasteiger partial charge on any atom is -0.481 e. The number of carboxylic acids is 2. The summed E-state index contributed by atoms with van der Waals surface area (Å²) in [5.41, 5.74) is 14.9. The second kappa shape index (κ2) is 59.6. The van der Waals surface area contributed by atoms with Crippen LogP contribution in [0.25, 0.3) is 0 Å². The van der Waals surface area contributed by atoms with Gasteiger partial charge in [-0.15, -0.1) is 12.3 Å². The molecule has 127 heavy (non-hydrogen) atoms. The highest BCUT2D eigenvalue weighted by atomic mass is 16.6. The molecule has 33 nitrogen and oxygen atoms in total. The number of hydrogen-bond acceptors (Lipinski definition) is 24. The molecule has 0 radical (unpaired) electrons. The summed E-state index contributed by atoms with van der Waals surface area (Å²) >= 11 is 0. The predicted molar refractivity (Wildman–Crippen MR) is 479 cm³/mol. The molecule has 12 N–H and O–H groups in total. The average molecular weight is 1750 g/mol. The summed E-state index contributed by atoms with van der Waals surface area (Å²) in [6.45, 7) is 18.8. The van der Waals surface area contributed by atoms with Crippen molar-refractivity contribution >= 4 is 89.0 Å². The van der Waals surface area contributed by atoms with Crippen LogP contribution in [-0.2, 0) is 97.8 Å². The van der Waals surface area contributed by atoms with Gasteiger partial charge in [-0.2, -0.15) is 0 Å². The molecule has 0 aliphatic heterocycles. The molecule has 0 spiro atoms. The number of para-hydroxylation sites is 2. The number of carbonyl (C=O) groups excluding carboxylic acids is 8. The number of hydrogen-bond donors (Lipinski definition) is 11. The first-order valence-electron chi connectivity index (χ1n) is 41.3. The standard InChI is InChI=1S/C26H30N4O5.C20H26N2O5.C16H16N2O3.C14H20N2O3.C12H20N2O3.C6H8O2/c1-17(2)14-22(23-16-21(35-30-23)12-13-25(32)33)29-24(31)15-18-8-10-20(11-9-18)28-26(34)27-19-6-4-3-5-7-19;1-14(2)11-17(18-12-16(27-22-18)9-10-19(23)25-3)21-20(24)26-13-15-7-5-4-6-8-15;1-11-4-2-3-5-14(11)18-16(21)17-13-8-6-12(7-9-13)10-15(19)20;1-11(2)8-13(9-15-18)16-14(17)19-10-12-6-4-3-5-7-12;1-8(2)6-10(13)11-7-9(17-14-11)4-5-12(15)16-3;1-3-4-5-6(7)8-2/h3-11,16-17,22H,12-15H2,1-2H3,(H,29,31)(H,32,33)(H2,27,28,34);4-8,12,14,17H,9-11,13H2,1-3H3,(H,21,24);2-9H,10H2,1H3,(H,19,20)(H2,17,18,21);3-7,9,11,13,18H,8,10H2,1-2H3,(H,16,17);7-8,10H,4-6,13H2,1-3H3;1H,4-5H2,2H3/b;;;15-9+;;. The zero-order valence-electron chi connectivity index (χ0n) is 74.0. The van der Waals surface area contributed by atoms with Gasteiger partial charge in [0.2, 0.25) is 5.91 Å². The van der Waals surface area contributed by atoms with E-state index in [-0.39, 0.29) is 105 Å². The smallest absolute Gasteiger partial charge is 0.408 e. The second-order valence-electron chi connectivity index (χ2n) is 30.5. The van der Waals surface area contributed by atoms with Crippen molar-refractivity contribution in [2.45, 2.75) is 190 Å². The second-order valence-corrected chi connectivity index (χ2v) is 30.5. The lowest BCUT2D eigenvalue weighted by Gasteiger charge is -2.18. The number of benzene rings is 6. The van der Waals surface area contributed by atoms with Crippen molar-refractivity contribution in [1.82, 2.24) is 31.4 Å². The molecule has 682 valence electrons. The van der Waals surface area contributed by atoms with E-state index in [1.807, 2.05) is 144 Å². The maximum atomic E-state index is 12.7. The van der Waals surface area contributed by atoms with Crippen LogP contribution < -0.4 is 43.0 Å². The Morgan fingerprint density at radius 2 is 0.850 bits per heavy atom. The van der Waals surface area contributed by atoms with Crippen molar-refractivity contribution in [1.29, 1.82) is 0 Å². The fraction of sp³-hybridized carbons (Fsp3) is 0.383. The number of nitrogens with one attached hydrogen (secondary N) is 7. The highest BCUT2D eigenvalue weighted by molar-refractivity contribution is 6.01. The molecule has 4 atom stereocenters. The van der Waals surface area contributed by atoms with Crippen molar-refractivity contribution < 1.29 is 101 Å². The Balaban J connectivity index is 0.000000333. The van der Waals surface area contributed by atoms with Gasteiger partial charge in [-0.3, -0.25) is 28.8 Å². The minimum atomic E-state index is -0.909. The molecule has 0 aliphatic carbocycles. The number of amides is 7. The summed E-state index contributed by atoms with van der Waals surface area (Å²) < 4.78 is 39.5. The lowest BCUT2D eigenvalue weighted by Crippen LogP contribution is -2.37. The van der Waals surface area contributed by atoms with Gasteiger partial charge in [0.25, 0.3) is 0 Å². The molecule has 0 saturated carbocycles. The fourth-order valence-electron chi connectivity index (χ4n) is 11.5. The normalized spacial score (nSPS) is 11.4. The van der Waals surface area contributed by atoms with E-state index >= 15 is 0 Å². The Morgan fingerprint density at radius 1 is 0.457 bits per heavy atom. The number of anilines is 4. The van der Waals surface area contributed by atoms with Crippen LogP contribution in [-0.4, -0.2) is 124 Å². The number of carboxylic acid groups (broad SMARTS) is 2. The van der Waals surface area contributed by atoms with Crippen molar-refractivity contribution in [3.8, 4) is 12.3 Å². The van der Waals surface area contributed by atoms with E-state index in [4.69, 9.17) is 50.6 Å². The van der Waals surface area contributed by atoms with E-state index in [9.17, 15) is 47.9 Å². The number of aromatic nitrogens is 3. The molecular formula is C94H120N12O21. The molecule has 0 aliphatic rings. The number of esters is 3. The number of oxime groups is 1. The minimum absolute atomic E-state index is 0.0321. The molecule has 9 rings (SSSR count). The maximum Gasteiger partial charge on any atom is 0.408 e. The zero-order chi connectivity index (χ0) is 93.4. The first-order chi connectivity index (χ1) is 60.7. The topological polar surface area (TPSA) is 478 Å². The van der Waals surface area contributed by atoms with Crippen LogP contribution in [0, 0.1) is 42.9 Å². The predicted octanol–water partition coefficient (Wildman–Crippen LogP) is 17.0. The molecule has 9 aromatic rings. The molecule has 6 aromatic carbocycles.